The van der Waals surface area contributed by atoms with Gasteiger partial charge in [-0.3, -0.25) is 0 Å². The summed E-state index contributed by atoms with van der Waals surface area (Å²) in [5.74, 6) is 0.184. The number of rotatable bonds is 1. The predicted molar refractivity (Wildman–Crippen MR) is 67.7 cm³/mol. The van der Waals surface area contributed by atoms with Gasteiger partial charge in [0.1, 0.15) is 0 Å². The van der Waals surface area contributed by atoms with Gasteiger partial charge >= 0.3 is 5.97 Å². The van der Waals surface area contributed by atoms with Crippen LogP contribution >= 0.6 is 0 Å². The van der Waals surface area contributed by atoms with Crippen LogP contribution in [-0.4, -0.2) is 24.3 Å². The zero-order valence-corrected chi connectivity index (χ0v) is 11.1. The molecule has 3 nitrogen and oxygen atoms in total. The molecular formula is C15H20O3. The van der Waals surface area contributed by atoms with Crippen molar-refractivity contribution in [3.05, 3.63) is 23.8 Å². The lowest BCUT2D eigenvalue weighted by Crippen LogP contribution is -2.46. The van der Waals surface area contributed by atoms with E-state index in [0.717, 1.165) is 18.4 Å². The topological polar surface area (TPSA) is 46.5 Å². The van der Waals surface area contributed by atoms with E-state index in [2.05, 4.69) is 26.0 Å². The molecule has 1 saturated carbocycles. The van der Waals surface area contributed by atoms with Gasteiger partial charge in [0.25, 0.3) is 0 Å². The van der Waals surface area contributed by atoms with Crippen molar-refractivity contribution in [2.45, 2.75) is 32.8 Å². The number of esters is 1. The molecular weight excluding hydrogens is 228 g/mol. The highest BCUT2D eigenvalue weighted by Crippen LogP contribution is 2.70. The van der Waals surface area contributed by atoms with E-state index in [9.17, 15) is 9.90 Å². The van der Waals surface area contributed by atoms with Crippen molar-refractivity contribution in [2.24, 2.45) is 22.7 Å². The number of aliphatic hydroxyl groups is 1. The molecule has 0 radical (unpaired) electrons. The van der Waals surface area contributed by atoms with Gasteiger partial charge < -0.3 is 9.84 Å². The van der Waals surface area contributed by atoms with Crippen LogP contribution in [-0.2, 0) is 9.53 Å². The molecule has 18 heavy (non-hydrogen) atoms. The Morgan fingerprint density at radius 1 is 1.50 bits per heavy atom. The number of carbonyl (C=O) groups excluding carboxylic acids is 1. The second-order valence-corrected chi connectivity index (χ2v) is 6.14. The summed E-state index contributed by atoms with van der Waals surface area (Å²) in [6.07, 6.45) is 7.79. The van der Waals surface area contributed by atoms with Crippen LogP contribution in [0.4, 0.5) is 0 Å². The largest absolute Gasteiger partial charge is 0.466 e. The molecule has 0 saturated heterocycles. The van der Waals surface area contributed by atoms with Crippen molar-refractivity contribution in [3.63, 3.8) is 0 Å². The van der Waals surface area contributed by atoms with Crippen LogP contribution in [0.2, 0.25) is 0 Å². The molecule has 3 heteroatoms. The Kier molecular flexibility index (Phi) is 2.31. The quantitative estimate of drug-likeness (QED) is 0.571. The van der Waals surface area contributed by atoms with E-state index in [1.807, 2.05) is 6.08 Å². The summed E-state index contributed by atoms with van der Waals surface area (Å²) >= 11 is 0. The minimum absolute atomic E-state index is 0.0486. The van der Waals surface area contributed by atoms with Crippen LogP contribution < -0.4 is 0 Å². The third-order valence-corrected chi connectivity index (χ3v) is 5.67. The Labute approximate surface area is 108 Å². The molecule has 0 heterocycles. The fourth-order valence-corrected chi connectivity index (χ4v) is 4.89. The lowest BCUT2D eigenvalue weighted by Gasteiger charge is -2.44. The number of methoxy groups -OCH3 is 1. The third-order valence-electron chi connectivity index (χ3n) is 5.67. The first-order chi connectivity index (χ1) is 8.47. The van der Waals surface area contributed by atoms with Gasteiger partial charge in [-0.05, 0) is 30.1 Å². The average molecular weight is 248 g/mol. The fraction of sp³-hybridized carbons (Fsp3) is 0.667. The van der Waals surface area contributed by atoms with Crippen molar-refractivity contribution in [1.82, 2.24) is 0 Å². The molecule has 1 spiro atoms. The normalized spacial score (nSPS) is 48.9. The van der Waals surface area contributed by atoms with Gasteiger partial charge in [0.05, 0.1) is 13.2 Å². The monoisotopic (exact) mass is 248 g/mol. The first kappa shape index (κ1) is 12.0. The Morgan fingerprint density at radius 2 is 2.22 bits per heavy atom. The van der Waals surface area contributed by atoms with Crippen molar-refractivity contribution in [1.29, 1.82) is 0 Å². The van der Waals surface area contributed by atoms with Gasteiger partial charge in [-0.1, -0.05) is 32.1 Å². The second kappa shape index (κ2) is 3.47. The van der Waals surface area contributed by atoms with Crippen LogP contribution in [0.3, 0.4) is 0 Å². The number of carbonyl (C=O) groups is 1. The van der Waals surface area contributed by atoms with Crippen LogP contribution in [0.5, 0.6) is 0 Å². The summed E-state index contributed by atoms with van der Waals surface area (Å²) in [6.45, 7) is 4.23. The van der Waals surface area contributed by atoms with E-state index >= 15 is 0 Å². The molecule has 0 bridgehead atoms. The summed E-state index contributed by atoms with van der Waals surface area (Å²) < 4.78 is 4.89. The van der Waals surface area contributed by atoms with Crippen LogP contribution in [0, 0.1) is 22.7 Å². The molecule has 5 atom stereocenters. The second-order valence-electron chi connectivity index (χ2n) is 6.14. The number of aliphatic hydroxyl groups excluding tert-OH is 1. The highest BCUT2D eigenvalue weighted by Gasteiger charge is 2.67. The van der Waals surface area contributed by atoms with Gasteiger partial charge in [-0.25, -0.2) is 4.79 Å². The molecule has 0 aliphatic heterocycles. The SMILES string of the molecule is COC(=O)C1=C[C@]2(C)CC[C@H]3C=C[C@H](O)[C@]32[C@H]1C. The first-order valence-corrected chi connectivity index (χ1v) is 6.65. The number of allylic oxidation sites excluding steroid dienone is 2. The predicted octanol–water partition coefficient (Wildman–Crippen LogP) is 2.07. The molecule has 3 aliphatic rings. The summed E-state index contributed by atoms with van der Waals surface area (Å²) in [5, 5.41) is 10.5. The summed E-state index contributed by atoms with van der Waals surface area (Å²) in [4.78, 5) is 11.9. The van der Waals surface area contributed by atoms with Crippen molar-refractivity contribution in [3.8, 4) is 0 Å². The molecule has 1 fully saturated rings. The minimum atomic E-state index is -0.455. The smallest absolute Gasteiger partial charge is 0.333 e. The Morgan fingerprint density at radius 3 is 2.89 bits per heavy atom. The van der Waals surface area contributed by atoms with Crippen LogP contribution in [0.25, 0.3) is 0 Å². The van der Waals surface area contributed by atoms with E-state index in [1.54, 1.807) is 0 Å². The van der Waals surface area contributed by atoms with E-state index in [4.69, 9.17) is 4.74 Å². The third kappa shape index (κ3) is 1.07. The molecule has 0 aromatic heterocycles. The summed E-state index contributed by atoms with van der Waals surface area (Å²) in [5.41, 5.74) is 0.424. The van der Waals surface area contributed by atoms with Crippen LogP contribution in [0.1, 0.15) is 26.7 Å². The number of ether oxygens (including phenoxy) is 1. The average Bonchev–Trinajstić information content (AvgIpc) is 2.90. The van der Waals surface area contributed by atoms with Gasteiger partial charge in [-0.2, -0.15) is 0 Å². The van der Waals surface area contributed by atoms with E-state index in [0.29, 0.717) is 5.92 Å². The van der Waals surface area contributed by atoms with E-state index < -0.39 is 6.10 Å². The number of hydrogen-bond donors (Lipinski definition) is 1. The highest BCUT2D eigenvalue weighted by molar-refractivity contribution is 5.90. The Bertz CT molecular complexity index is 464. The minimum Gasteiger partial charge on any atom is -0.466 e. The number of hydrogen-bond acceptors (Lipinski definition) is 3. The van der Waals surface area contributed by atoms with Gasteiger partial charge in [-0.15, -0.1) is 0 Å². The molecule has 1 N–H and O–H groups in total. The molecule has 98 valence electrons. The Hall–Kier alpha value is -1.09. The van der Waals surface area contributed by atoms with Gasteiger partial charge in [0.2, 0.25) is 0 Å². The highest BCUT2D eigenvalue weighted by atomic mass is 16.5. The van der Waals surface area contributed by atoms with Crippen LogP contribution in [0.15, 0.2) is 23.8 Å². The molecule has 3 aliphatic carbocycles. The van der Waals surface area contributed by atoms with E-state index in [-0.39, 0.29) is 22.7 Å². The maximum Gasteiger partial charge on any atom is 0.333 e. The summed E-state index contributed by atoms with van der Waals surface area (Å²) in [7, 11) is 1.42. The lowest BCUT2D eigenvalue weighted by atomic mass is 9.60. The van der Waals surface area contributed by atoms with Gasteiger partial charge in [0.15, 0.2) is 0 Å². The zero-order chi connectivity index (χ0) is 13.1. The maximum absolute atomic E-state index is 11.9. The van der Waals surface area contributed by atoms with E-state index in [1.165, 1.54) is 7.11 Å². The zero-order valence-electron chi connectivity index (χ0n) is 11.1. The van der Waals surface area contributed by atoms with Crippen molar-refractivity contribution < 1.29 is 14.6 Å². The van der Waals surface area contributed by atoms with Crippen molar-refractivity contribution in [2.75, 3.05) is 7.11 Å². The lowest BCUT2D eigenvalue weighted by molar-refractivity contribution is -0.137. The summed E-state index contributed by atoms with van der Waals surface area (Å²) in [6, 6.07) is 0. The molecule has 0 unspecified atom stereocenters. The van der Waals surface area contributed by atoms with Gasteiger partial charge in [0, 0.05) is 11.0 Å². The Balaban J connectivity index is 2.11. The van der Waals surface area contributed by atoms with Crippen molar-refractivity contribution >= 4 is 5.97 Å². The molecule has 0 amide bonds. The fourth-order valence-electron chi connectivity index (χ4n) is 4.89. The standard InChI is InChI=1S/C15H20O3/c1-9-11(13(17)18-3)8-14(2)7-6-10-4-5-12(16)15(9,10)14/h4-5,8-10,12,16H,6-7H2,1-3H3/t9-,10+,12-,14-,15-/m0/s1. The molecule has 3 rings (SSSR count). The first-order valence-electron chi connectivity index (χ1n) is 6.65. The molecule has 0 aromatic rings. The molecule has 0 aromatic carbocycles. The maximum atomic E-state index is 11.9.